The van der Waals surface area contributed by atoms with Gasteiger partial charge in [0.05, 0.1) is 4.88 Å². The molecule has 1 aromatic heterocycles. The third kappa shape index (κ3) is 4.36. The zero-order valence-corrected chi connectivity index (χ0v) is 16.3. The van der Waals surface area contributed by atoms with Crippen molar-refractivity contribution in [3.05, 3.63) is 46.2 Å². The highest BCUT2D eigenvalue weighted by Gasteiger charge is 2.33. The molecule has 0 saturated carbocycles. The molecule has 3 amide bonds. The molecule has 1 atom stereocenters. The summed E-state index contributed by atoms with van der Waals surface area (Å²) in [5.41, 5.74) is 2.09. The Morgan fingerprint density at radius 1 is 1.07 bits per heavy atom. The van der Waals surface area contributed by atoms with Crippen LogP contribution < -0.4 is 10.6 Å². The molecule has 1 saturated heterocycles. The minimum absolute atomic E-state index is 0.0893. The summed E-state index contributed by atoms with van der Waals surface area (Å²) < 4.78 is 0. The van der Waals surface area contributed by atoms with Crippen molar-refractivity contribution < 1.29 is 14.4 Å². The summed E-state index contributed by atoms with van der Waals surface area (Å²) in [6.45, 7) is 3.87. The van der Waals surface area contributed by atoms with Crippen molar-refractivity contribution in [1.82, 2.24) is 4.90 Å². The molecular formula is C20H23N3O3S. The Hall–Kier alpha value is -2.67. The molecule has 27 heavy (non-hydrogen) atoms. The fourth-order valence-corrected chi connectivity index (χ4v) is 3.98. The lowest BCUT2D eigenvalue weighted by Crippen LogP contribution is -2.49. The first-order valence-corrected chi connectivity index (χ1v) is 9.88. The lowest BCUT2D eigenvalue weighted by molar-refractivity contribution is -0.121. The fraction of sp³-hybridized carbons (Fsp3) is 0.350. The van der Waals surface area contributed by atoms with Crippen LogP contribution in [0.15, 0.2) is 35.7 Å². The maximum atomic E-state index is 12.9. The SMILES string of the molecule is CC(=O)Nc1cccc(NC(=O)[C@@H]2CCCCN2C(=O)c2cccs2)c1C. The van der Waals surface area contributed by atoms with Crippen LogP contribution in [0.1, 0.15) is 41.4 Å². The first-order chi connectivity index (χ1) is 13.0. The molecule has 142 valence electrons. The number of piperidine rings is 1. The van der Waals surface area contributed by atoms with E-state index in [-0.39, 0.29) is 17.7 Å². The molecule has 0 bridgehead atoms. The number of nitrogens with zero attached hydrogens (tertiary/aromatic N) is 1. The molecule has 1 fully saturated rings. The largest absolute Gasteiger partial charge is 0.326 e. The quantitative estimate of drug-likeness (QED) is 0.843. The van der Waals surface area contributed by atoms with E-state index in [2.05, 4.69) is 10.6 Å². The van der Waals surface area contributed by atoms with Crippen LogP contribution in [0, 0.1) is 6.92 Å². The Labute approximate surface area is 162 Å². The van der Waals surface area contributed by atoms with Crippen LogP contribution in [0.5, 0.6) is 0 Å². The van der Waals surface area contributed by atoms with Crippen LogP contribution in [0.2, 0.25) is 0 Å². The number of anilines is 2. The molecule has 0 radical (unpaired) electrons. The van der Waals surface area contributed by atoms with Crippen LogP contribution in [0.4, 0.5) is 11.4 Å². The van der Waals surface area contributed by atoms with Crippen LogP contribution in [-0.4, -0.2) is 35.2 Å². The number of amides is 3. The van der Waals surface area contributed by atoms with Crippen molar-refractivity contribution in [3.8, 4) is 0 Å². The molecule has 0 unspecified atom stereocenters. The maximum absolute atomic E-state index is 12.9. The molecule has 2 aromatic rings. The van der Waals surface area contributed by atoms with Gasteiger partial charge >= 0.3 is 0 Å². The average molecular weight is 385 g/mol. The van der Waals surface area contributed by atoms with Gasteiger partial charge in [-0.05, 0) is 55.3 Å². The maximum Gasteiger partial charge on any atom is 0.264 e. The molecule has 1 aromatic carbocycles. The first-order valence-electron chi connectivity index (χ1n) is 9.00. The van der Waals surface area contributed by atoms with Gasteiger partial charge in [0.25, 0.3) is 5.91 Å². The van der Waals surface area contributed by atoms with Gasteiger partial charge in [0.1, 0.15) is 6.04 Å². The Balaban J connectivity index is 1.78. The van der Waals surface area contributed by atoms with Crippen LogP contribution in [-0.2, 0) is 9.59 Å². The van der Waals surface area contributed by atoms with Crippen molar-refractivity contribution in [2.45, 2.75) is 39.2 Å². The van der Waals surface area contributed by atoms with E-state index in [0.717, 1.165) is 18.4 Å². The summed E-state index contributed by atoms with van der Waals surface area (Å²) in [6, 6.07) is 8.51. The predicted molar refractivity (Wildman–Crippen MR) is 107 cm³/mol. The number of carbonyl (C=O) groups excluding carboxylic acids is 3. The predicted octanol–water partition coefficient (Wildman–Crippen LogP) is 3.65. The van der Waals surface area contributed by atoms with E-state index < -0.39 is 6.04 Å². The monoisotopic (exact) mass is 385 g/mol. The van der Waals surface area contributed by atoms with Crippen LogP contribution in [0.3, 0.4) is 0 Å². The summed E-state index contributed by atoms with van der Waals surface area (Å²) >= 11 is 1.39. The smallest absolute Gasteiger partial charge is 0.264 e. The molecular weight excluding hydrogens is 362 g/mol. The third-order valence-electron chi connectivity index (χ3n) is 4.70. The molecule has 6 nitrogen and oxygen atoms in total. The lowest BCUT2D eigenvalue weighted by Gasteiger charge is -2.34. The van der Waals surface area contributed by atoms with Crippen molar-refractivity contribution >= 4 is 40.4 Å². The summed E-state index contributed by atoms with van der Waals surface area (Å²) in [4.78, 5) is 39.4. The van der Waals surface area contributed by atoms with Crippen molar-refractivity contribution in [2.75, 3.05) is 17.2 Å². The number of carbonyl (C=O) groups is 3. The van der Waals surface area contributed by atoms with Crippen LogP contribution >= 0.6 is 11.3 Å². The van der Waals surface area contributed by atoms with Crippen molar-refractivity contribution in [2.24, 2.45) is 0 Å². The fourth-order valence-electron chi connectivity index (χ4n) is 3.30. The lowest BCUT2D eigenvalue weighted by atomic mass is 10.0. The number of nitrogens with one attached hydrogen (secondary N) is 2. The Morgan fingerprint density at radius 3 is 2.48 bits per heavy atom. The summed E-state index contributed by atoms with van der Waals surface area (Å²) in [5, 5.41) is 7.57. The van der Waals surface area contributed by atoms with E-state index in [1.54, 1.807) is 29.2 Å². The molecule has 3 rings (SSSR count). The number of thiophene rings is 1. The van der Waals surface area contributed by atoms with E-state index in [9.17, 15) is 14.4 Å². The van der Waals surface area contributed by atoms with Gasteiger partial charge in [-0.25, -0.2) is 0 Å². The minimum atomic E-state index is -0.489. The molecule has 0 spiro atoms. The third-order valence-corrected chi connectivity index (χ3v) is 5.56. The molecule has 7 heteroatoms. The highest BCUT2D eigenvalue weighted by atomic mass is 32.1. The van der Waals surface area contributed by atoms with Gasteiger partial charge in [-0.2, -0.15) is 0 Å². The van der Waals surface area contributed by atoms with Gasteiger partial charge in [-0.1, -0.05) is 12.1 Å². The van der Waals surface area contributed by atoms with Crippen molar-refractivity contribution in [3.63, 3.8) is 0 Å². The van der Waals surface area contributed by atoms with Crippen molar-refractivity contribution in [1.29, 1.82) is 0 Å². The second-order valence-electron chi connectivity index (χ2n) is 6.64. The van der Waals surface area contributed by atoms with E-state index in [1.807, 2.05) is 18.4 Å². The second-order valence-corrected chi connectivity index (χ2v) is 7.58. The van der Waals surface area contributed by atoms with Crippen LogP contribution in [0.25, 0.3) is 0 Å². The number of benzene rings is 1. The highest BCUT2D eigenvalue weighted by Crippen LogP contribution is 2.26. The Kier molecular flexibility index (Phi) is 5.91. The molecule has 2 N–H and O–H groups in total. The number of rotatable bonds is 4. The van der Waals surface area contributed by atoms with E-state index in [0.29, 0.717) is 29.2 Å². The van der Waals surface area contributed by atoms with Gasteiger partial charge in [-0.15, -0.1) is 11.3 Å². The molecule has 1 aliphatic rings. The zero-order valence-electron chi connectivity index (χ0n) is 15.5. The molecule has 1 aliphatic heterocycles. The Bertz CT molecular complexity index is 848. The van der Waals surface area contributed by atoms with Gasteiger partial charge in [0, 0.05) is 24.8 Å². The number of hydrogen-bond acceptors (Lipinski definition) is 4. The standard InChI is InChI=1S/C20H23N3O3S/c1-13-15(21-14(2)24)7-5-8-16(13)22-19(25)17-9-3-4-11-23(17)20(26)18-10-6-12-27-18/h5-8,10,12,17H,3-4,9,11H2,1-2H3,(H,21,24)(H,22,25)/t17-/m0/s1. The van der Waals surface area contributed by atoms with E-state index in [1.165, 1.54) is 18.3 Å². The molecule has 0 aliphatic carbocycles. The summed E-state index contributed by atoms with van der Waals surface area (Å²) in [7, 11) is 0. The highest BCUT2D eigenvalue weighted by molar-refractivity contribution is 7.12. The number of hydrogen-bond donors (Lipinski definition) is 2. The topological polar surface area (TPSA) is 78.5 Å². The number of likely N-dealkylation sites (tertiary alicyclic amines) is 1. The summed E-state index contributed by atoms with van der Waals surface area (Å²) in [5.74, 6) is -0.446. The Morgan fingerprint density at radius 2 is 1.81 bits per heavy atom. The van der Waals surface area contributed by atoms with Gasteiger partial charge in [0.2, 0.25) is 11.8 Å². The average Bonchev–Trinajstić information content (AvgIpc) is 3.19. The molecule has 2 heterocycles. The second kappa shape index (κ2) is 8.35. The minimum Gasteiger partial charge on any atom is -0.326 e. The van der Waals surface area contributed by atoms with Gasteiger partial charge < -0.3 is 15.5 Å². The zero-order chi connectivity index (χ0) is 19.4. The normalized spacial score (nSPS) is 16.7. The van der Waals surface area contributed by atoms with E-state index >= 15 is 0 Å². The first kappa shape index (κ1) is 19.1. The van der Waals surface area contributed by atoms with E-state index in [4.69, 9.17) is 0 Å². The van der Waals surface area contributed by atoms with Gasteiger partial charge in [0.15, 0.2) is 0 Å². The summed E-state index contributed by atoms with van der Waals surface area (Å²) in [6.07, 6.45) is 2.46. The van der Waals surface area contributed by atoms with Gasteiger partial charge in [-0.3, -0.25) is 14.4 Å².